The number of carbonyl (C=O) groups excluding carboxylic acids is 2. The molecular weight excluding hydrogens is 329 g/mol. The zero-order chi connectivity index (χ0) is 17.3. The molecule has 1 aliphatic heterocycles. The van der Waals surface area contributed by atoms with Crippen LogP contribution < -0.4 is 5.32 Å². The summed E-state index contributed by atoms with van der Waals surface area (Å²) in [6.07, 6.45) is -2.91. The molecule has 1 saturated heterocycles. The number of ether oxygens (including phenoxy) is 1. The Bertz CT molecular complexity index is 640. The van der Waals surface area contributed by atoms with Gasteiger partial charge in [-0.15, -0.1) is 0 Å². The van der Waals surface area contributed by atoms with Crippen LogP contribution in [0.25, 0.3) is 0 Å². The molecule has 1 saturated carbocycles. The Morgan fingerprint density at radius 2 is 2.17 bits per heavy atom. The van der Waals surface area contributed by atoms with Gasteiger partial charge >= 0.3 is 12.3 Å². The second kappa shape index (κ2) is 6.33. The summed E-state index contributed by atoms with van der Waals surface area (Å²) in [7, 11) is 0. The molecule has 3 rings (SSSR count). The van der Waals surface area contributed by atoms with E-state index in [1.165, 1.54) is 4.90 Å². The van der Waals surface area contributed by atoms with Gasteiger partial charge in [-0.25, -0.2) is 4.79 Å². The molecule has 132 valence electrons. The molecule has 0 spiro atoms. The fraction of sp³-hybridized carbons (Fsp3) is 0.643. The number of aromatic nitrogens is 2. The quantitative estimate of drug-likeness (QED) is 0.882. The van der Waals surface area contributed by atoms with Gasteiger partial charge in [-0.3, -0.25) is 9.48 Å². The van der Waals surface area contributed by atoms with Crippen molar-refractivity contribution in [2.75, 3.05) is 26.2 Å². The number of amides is 2. The van der Waals surface area contributed by atoms with Crippen LogP contribution in [-0.2, 0) is 10.9 Å². The first-order valence-electron chi connectivity index (χ1n) is 7.73. The lowest BCUT2D eigenvalue weighted by Crippen LogP contribution is -2.42. The van der Waals surface area contributed by atoms with Gasteiger partial charge in [-0.05, 0) is 19.3 Å². The monoisotopic (exact) mass is 346 g/mol. The molecule has 1 aromatic rings. The minimum Gasteiger partial charge on any atom is -0.449 e. The van der Waals surface area contributed by atoms with E-state index in [-0.39, 0.29) is 24.8 Å². The second-order valence-corrected chi connectivity index (χ2v) is 5.80. The van der Waals surface area contributed by atoms with E-state index in [2.05, 4.69) is 10.4 Å². The summed E-state index contributed by atoms with van der Waals surface area (Å²) in [6, 6.07) is 0.613. The lowest BCUT2D eigenvalue weighted by molar-refractivity contribution is -0.141. The Labute approximate surface area is 135 Å². The molecule has 2 amide bonds. The van der Waals surface area contributed by atoms with Crippen molar-refractivity contribution in [2.45, 2.75) is 31.5 Å². The van der Waals surface area contributed by atoms with Crippen LogP contribution in [0.2, 0.25) is 0 Å². The first-order valence-corrected chi connectivity index (χ1v) is 7.73. The number of halogens is 3. The highest BCUT2D eigenvalue weighted by Gasteiger charge is 2.38. The zero-order valence-corrected chi connectivity index (χ0v) is 12.8. The van der Waals surface area contributed by atoms with Crippen molar-refractivity contribution in [1.82, 2.24) is 20.0 Å². The Morgan fingerprint density at radius 3 is 2.79 bits per heavy atom. The summed E-state index contributed by atoms with van der Waals surface area (Å²) in [5.74, 6) is -0.629. The number of hydrogen-bond acceptors (Lipinski definition) is 4. The number of nitrogens with one attached hydrogen (secondary N) is 1. The van der Waals surface area contributed by atoms with Gasteiger partial charge in [0.2, 0.25) is 0 Å². The molecule has 2 fully saturated rings. The molecule has 0 aromatic carbocycles. The summed E-state index contributed by atoms with van der Waals surface area (Å²) in [6.45, 7) is 1.29. The maximum atomic E-state index is 12.8. The van der Waals surface area contributed by atoms with Gasteiger partial charge in [0.25, 0.3) is 5.91 Å². The van der Waals surface area contributed by atoms with Gasteiger partial charge < -0.3 is 15.0 Å². The largest absolute Gasteiger partial charge is 0.449 e. The third-order valence-corrected chi connectivity index (χ3v) is 3.87. The van der Waals surface area contributed by atoms with Crippen molar-refractivity contribution in [3.05, 3.63) is 17.5 Å². The van der Waals surface area contributed by atoms with Crippen molar-refractivity contribution in [3.8, 4) is 0 Å². The van der Waals surface area contributed by atoms with E-state index in [4.69, 9.17) is 4.74 Å². The lowest BCUT2D eigenvalue weighted by atomic mass is 10.3. The van der Waals surface area contributed by atoms with Crippen LogP contribution in [-0.4, -0.2) is 52.9 Å². The number of carbonyl (C=O) groups is 2. The van der Waals surface area contributed by atoms with Crippen LogP contribution in [0, 0.1) is 0 Å². The molecule has 2 heterocycles. The Hall–Kier alpha value is -2.26. The van der Waals surface area contributed by atoms with Gasteiger partial charge in [-0.1, -0.05) is 0 Å². The Morgan fingerprint density at radius 1 is 1.42 bits per heavy atom. The fourth-order valence-corrected chi connectivity index (χ4v) is 2.50. The van der Waals surface area contributed by atoms with Crippen LogP contribution in [0.3, 0.4) is 0 Å². The summed E-state index contributed by atoms with van der Waals surface area (Å²) in [4.78, 5) is 25.1. The SMILES string of the molecule is O=C(NCCN1CCCOC1=O)c1cc(C(F)(F)F)nn1C1CC1. The molecule has 0 radical (unpaired) electrons. The van der Waals surface area contributed by atoms with Crippen LogP contribution in [0.4, 0.5) is 18.0 Å². The summed E-state index contributed by atoms with van der Waals surface area (Å²) < 4.78 is 44.4. The highest BCUT2D eigenvalue weighted by Crippen LogP contribution is 2.37. The van der Waals surface area contributed by atoms with E-state index in [0.29, 0.717) is 32.4 Å². The third kappa shape index (κ3) is 3.62. The summed E-state index contributed by atoms with van der Waals surface area (Å²) in [5, 5.41) is 6.06. The van der Waals surface area contributed by atoms with Gasteiger partial charge in [0, 0.05) is 25.7 Å². The predicted molar refractivity (Wildman–Crippen MR) is 75.4 cm³/mol. The molecule has 0 atom stereocenters. The lowest BCUT2D eigenvalue weighted by Gasteiger charge is -2.26. The van der Waals surface area contributed by atoms with E-state index in [0.717, 1.165) is 10.7 Å². The van der Waals surface area contributed by atoms with Crippen molar-refractivity contribution in [3.63, 3.8) is 0 Å². The number of rotatable bonds is 5. The highest BCUT2D eigenvalue weighted by atomic mass is 19.4. The van der Waals surface area contributed by atoms with Crippen molar-refractivity contribution in [2.24, 2.45) is 0 Å². The van der Waals surface area contributed by atoms with E-state index in [9.17, 15) is 22.8 Å². The molecule has 1 aromatic heterocycles. The number of hydrogen-bond donors (Lipinski definition) is 1. The van der Waals surface area contributed by atoms with Crippen LogP contribution in [0.5, 0.6) is 0 Å². The predicted octanol–water partition coefficient (Wildman–Crippen LogP) is 1.81. The van der Waals surface area contributed by atoms with Crippen molar-refractivity contribution in [1.29, 1.82) is 0 Å². The maximum absolute atomic E-state index is 12.8. The molecule has 0 unspecified atom stereocenters. The zero-order valence-electron chi connectivity index (χ0n) is 12.8. The molecule has 10 heteroatoms. The topological polar surface area (TPSA) is 76.5 Å². The van der Waals surface area contributed by atoms with Crippen molar-refractivity contribution < 1.29 is 27.5 Å². The minimum atomic E-state index is -4.59. The first-order chi connectivity index (χ1) is 11.4. The smallest absolute Gasteiger partial charge is 0.435 e. The van der Waals surface area contributed by atoms with Crippen LogP contribution in [0.15, 0.2) is 6.07 Å². The molecule has 24 heavy (non-hydrogen) atoms. The maximum Gasteiger partial charge on any atom is 0.435 e. The fourth-order valence-electron chi connectivity index (χ4n) is 2.50. The van der Waals surface area contributed by atoms with Crippen molar-refractivity contribution >= 4 is 12.0 Å². The van der Waals surface area contributed by atoms with Gasteiger partial charge in [-0.2, -0.15) is 18.3 Å². The summed E-state index contributed by atoms with van der Waals surface area (Å²) in [5.41, 5.74) is -1.18. The molecule has 7 nitrogen and oxygen atoms in total. The Balaban J connectivity index is 1.62. The Kier molecular flexibility index (Phi) is 4.37. The first kappa shape index (κ1) is 16.6. The molecule has 0 bridgehead atoms. The van der Waals surface area contributed by atoms with E-state index < -0.39 is 23.9 Å². The van der Waals surface area contributed by atoms with E-state index in [1.54, 1.807) is 0 Å². The van der Waals surface area contributed by atoms with Gasteiger partial charge in [0.15, 0.2) is 5.69 Å². The van der Waals surface area contributed by atoms with Gasteiger partial charge in [0.1, 0.15) is 5.69 Å². The average molecular weight is 346 g/mol. The standard InChI is InChI=1S/C14H17F3N4O3/c15-14(16,17)11-8-10(21(19-11)9-2-3-9)12(22)18-4-6-20-5-1-7-24-13(20)23/h8-9H,1-7H2,(H,18,22). The second-order valence-electron chi connectivity index (χ2n) is 5.80. The van der Waals surface area contributed by atoms with E-state index in [1.807, 2.05) is 0 Å². The minimum absolute atomic E-state index is 0.106. The molecule has 1 N–H and O–H groups in total. The molecule has 1 aliphatic carbocycles. The van der Waals surface area contributed by atoms with Crippen LogP contribution >= 0.6 is 0 Å². The van der Waals surface area contributed by atoms with E-state index >= 15 is 0 Å². The highest BCUT2D eigenvalue weighted by molar-refractivity contribution is 5.92. The third-order valence-electron chi connectivity index (χ3n) is 3.87. The summed E-state index contributed by atoms with van der Waals surface area (Å²) >= 11 is 0. The number of cyclic esters (lactones) is 1. The van der Waals surface area contributed by atoms with Crippen LogP contribution in [0.1, 0.15) is 41.5 Å². The normalized spacial score (nSPS) is 18.5. The average Bonchev–Trinajstić information content (AvgIpc) is 3.26. The number of nitrogens with zero attached hydrogens (tertiary/aromatic N) is 3. The molecule has 2 aliphatic rings. The van der Waals surface area contributed by atoms with Gasteiger partial charge in [0.05, 0.1) is 12.6 Å². The number of alkyl halides is 3. The molecular formula is C14H17F3N4O3.